The van der Waals surface area contributed by atoms with Crippen LogP contribution in [0.3, 0.4) is 0 Å². The molecule has 1 N–H and O–H groups in total. The molecular formula is C19H18FN3O. The summed E-state index contributed by atoms with van der Waals surface area (Å²) in [7, 11) is 0. The Morgan fingerprint density at radius 3 is 2.75 bits per heavy atom. The summed E-state index contributed by atoms with van der Waals surface area (Å²) in [6, 6.07) is 14.3. The van der Waals surface area contributed by atoms with E-state index in [1.165, 1.54) is 6.07 Å². The van der Waals surface area contributed by atoms with Crippen molar-refractivity contribution in [3.8, 4) is 11.4 Å². The van der Waals surface area contributed by atoms with Crippen molar-refractivity contribution >= 4 is 16.7 Å². The van der Waals surface area contributed by atoms with Crippen molar-refractivity contribution in [1.82, 2.24) is 9.97 Å². The molecular weight excluding hydrogens is 305 g/mol. The number of fused-ring (bicyclic) bond motifs is 1. The molecule has 1 aliphatic heterocycles. The van der Waals surface area contributed by atoms with Crippen LogP contribution in [0.25, 0.3) is 22.3 Å². The Morgan fingerprint density at radius 2 is 1.92 bits per heavy atom. The summed E-state index contributed by atoms with van der Waals surface area (Å²) in [4.78, 5) is 9.10. The number of nitrogens with one attached hydrogen (secondary N) is 1. The number of hydrogen-bond donors (Lipinski definition) is 1. The third-order valence-corrected chi connectivity index (χ3v) is 4.24. The zero-order chi connectivity index (χ0) is 16.4. The lowest BCUT2D eigenvalue weighted by Gasteiger charge is -2.14. The van der Waals surface area contributed by atoms with Gasteiger partial charge in [-0.2, -0.15) is 0 Å². The van der Waals surface area contributed by atoms with Gasteiger partial charge in [-0.25, -0.2) is 14.4 Å². The molecule has 5 heteroatoms. The summed E-state index contributed by atoms with van der Waals surface area (Å²) >= 11 is 0. The number of anilines is 1. The number of para-hydroxylation sites is 1. The van der Waals surface area contributed by atoms with E-state index >= 15 is 0 Å². The molecule has 4 nitrogen and oxygen atoms in total. The van der Waals surface area contributed by atoms with Crippen LogP contribution >= 0.6 is 0 Å². The Bertz CT molecular complexity index is 862. The van der Waals surface area contributed by atoms with E-state index in [-0.39, 0.29) is 11.9 Å². The average molecular weight is 323 g/mol. The first kappa shape index (κ1) is 15.0. The van der Waals surface area contributed by atoms with Crippen LogP contribution in [0.15, 0.2) is 48.5 Å². The largest absolute Gasteiger partial charge is 0.376 e. The molecule has 1 atom stereocenters. The molecule has 0 bridgehead atoms. The van der Waals surface area contributed by atoms with E-state index in [9.17, 15) is 4.39 Å². The molecule has 0 spiro atoms. The van der Waals surface area contributed by atoms with Crippen LogP contribution in [0, 0.1) is 5.82 Å². The second-order valence-electron chi connectivity index (χ2n) is 5.91. The van der Waals surface area contributed by atoms with Crippen LogP contribution in [-0.4, -0.2) is 29.2 Å². The van der Waals surface area contributed by atoms with Gasteiger partial charge in [-0.15, -0.1) is 0 Å². The molecule has 4 rings (SSSR count). The van der Waals surface area contributed by atoms with Gasteiger partial charge in [0.1, 0.15) is 11.6 Å². The van der Waals surface area contributed by atoms with Crippen LogP contribution in [0.4, 0.5) is 10.2 Å². The number of aromatic nitrogens is 2. The molecule has 2 heterocycles. The van der Waals surface area contributed by atoms with Crippen LogP contribution in [-0.2, 0) is 4.74 Å². The summed E-state index contributed by atoms with van der Waals surface area (Å²) in [5, 5.41) is 4.29. The maximum absolute atomic E-state index is 14.1. The van der Waals surface area contributed by atoms with E-state index in [0.717, 1.165) is 30.4 Å². The third kappa shape index (κ3) is 2.95. The van der Waals surface area contributed by atoms with Crippen molar-refractivity contribution in [2.24, 2.45) is 0 Å². The second kappa shape index (κ2) is 6.53. The van der Waals surface area contributed by atoms with Gasteiger partial charge in [-0.1, -0.05) is 24.3 Å². The van der Waals surface area contributed by atoms with Crippen molar-refractivity contribution in [2.75, 3.05) is 18.5 Å². The highest BCUT2D eigenvalue weighted by atomic mass is 19.1. The standard InChI is InChI=1S/C19H18FN3O/c20-16-9-3-1-7-14(16)19-22-17-10-4-2-8-15(17)18(23-19)21-12-13-6-5-11-24-13/h1-4,7-10,13H,5-6,11-12H2,(H,21,22,23)/t13-/m1/s1. The fourth-order valence-corrected chi connectivity index (χ4v) is 2.99. The van der Waals surface area contributed by atoms with Crippen LogP contribution in [0.2, 0.25) is 0 Å². The predicted octanol–water partition coefficient (Wildman–Crippen LogP) is 4.03. The van der Waals surface area contributed by atoms with Crippen molar-refractivity contribution in [2.45, 2.75) is 18.9 Å². The lowest BCUT2D eigenvalue weighted by Crippen LogP contribution is -2.19. The molecule has 0 unspecified atom stereocenters. The smallest absolute Gasteiger partial charge is 0.165 e. The van der Waals surface area contributed by atoms with E-state index in [1.807, 2.05) is 24.3 Å². The summed E-state index contributed by atoms with van der Waals surface area (Å²) in [5.74, 6) is 0.786. The summed E-state index contributed by atoms with van der Waals surface area (Å²) < 4.78 is 19.8. The topological polar surface area (TPSA) is 47.0 Å². The monoisotopic (exact) mass is 323 g/mol. The van der Waals surface area contributed by atoms with E-state index in [1.54, 1.807) is 18.2 Å². The maximum Gasteiger partial charge on any atom is 0.165 e. The Morgan fingerprint density at radius 1 is 1.08 bits per heavy atom. The quantitative estimate of drug-likeness (QED) is 0.787. The average Bonchev–Trinajstić information content (AvgIpc) is 3.13. The van der Waals surface area contributed by atoms with Crippen LogP contribution in [0.5, 0.6) is 0 Å². The minimum absolute atomic E-state index is 0.204. The first-order valence-corrected chi connectivity index (χ1v) is 8.18. The molecule has 122 valence electrons. The Balaban J connectivity index is 1.74. The van der Waals surface area contributed by atoms with Gasteiger partial charge in [0.25, 0.3) is 0 Å². The molecule has 0 radical (unpaired) electrons. The molecule has 2 aromatic carbocycles. The van der Waals surface area contributed by atoms with E-state index < -0.39 is 0 Å². The fraction of sp³-hybridized carbons (Fsp3) is 0.263. The number of halogens is 1. The Kier molecular flexibility index (Phi) is 4.09. The van der Waals surface area contributed by atoms with Gasteiger partial charge in [-0.05, 0) is 37.1 Å². The summed E-state index contributed by atoms with van der Waals surface area (Å²) in [6.45, 7) is 1.51. The van der Waals surface area contributed by atoms with Crippen LogP contribution in [0.1, 0.15) is 12.8 Å². The first-order chi connectivity index (χ1) is 11.8. The Labute approximate surface area is 139 Å². The maximum atomic E-state index is 14.1. The molecule has 0 aliphatic carbocycles. The van der Waals surface area contributed by atoms with Crippen molar-refractivity contribution in [3.63, 3.8) is 0 Å². The van der Waals surface area contributed by atoms with Crippen molar-refractivity contribution < 1.29 is 9.13 Å². The highest BCUT2D eigenvalue weighted by molar-refractivity contribution is 5.90. The molecule has 1 aliphatic rings. The molecule has 1 aromatic heterocycles. The van der Waals surface area contributed by atoms with Gasteiger partial charge in [0.05, 0.1) is 17.2 Å². The van der Waals surface area contributed by atoms with E-state index in [4.69, 9.17) is 4.74 Å². The fourth-order valence-electron chi connectivity index (χ4n) is 2.99. The SMILES string of the molecule is Fc1ccccc1-c1nc(NC[C@H]2CCCO2)c2ccccc2n1. The minimum atomic E-state index is -0.321. The van der Waals surface area contributed by atoms with E-state index in [0.29, 0.717) is 23.8 Å². The van der Waals surface area contributed by atoms with Gasteiger partial charge in [0.2, 0.25) is 0 Å². The number of ether oxygens (including phenoxy) is 1. The molecule has 24 heavy (non-hydrogen) atoms. The van der Waals surface area contributed by atoms with Gasteiger partial charge < -0.3 is 10.1 Å². The summed E-state index contributed by atoms with van der Waals surface area (Å²) in [5.41, 5.74) is 1.20. The number of rotatable bonds is 4. The third-order valence-electron chi connectivity index (χ3n) is 4.24. The van der Waals surface area contributed by atoms with Gasteiger partial charge in [-0.3, -0.25) is 0 Å². The molecule has 0 saturated carbocycles. The highest BCUT2D eigenvalue weighted by Gasteiger charge is 2.17. The Hall–Kier alpha value is -2.53. The van der Waals surface area contributed by atoms with Crippen molar-refractivity contribution in [1.29, 1.82) is 0 Å². The number of benzene rings is 2. The van der Waals surface area contributed by atoms with Crippen LogP contribution < -0.4 is 5.32 Å². The molecule has 3 aromatic rings. The normalized spacial score (nSPS) is 17.3. The lowest BCUT2D eigenvalue weighted by atomic mass is 10.1. The van der Waals surface area contributed by atoms with Gasteiger partial charge >= 0.3 is 0 Å². The first-order valence-electron chi connectivity index (χ1n) is 8.18. The predicted molar refractivity (Wildman–Crippen MR) is 92.4 cm³/mol. The zero-order valence-corrected chi connectivity index (χ0v) is 13.2. The van der Waals surface area contributed by atoms with E-state index in [2.05, 4.69) is 15.3 Å². The van der Waals surface area contributed by atoms with Crippen molar-refractivity contribution in [3.05, 3.63) is 54.3 Å². The van der Waals surface area contributed by atoms with Gasteiger partial charge in [0.15, 0.2) is 5.82 Å². The minimum Gasteiger partial charge on any atom is -0.376 e. The highest BCUT2D eigenvalue weighted by Crippen LogP contribution is 2.26. The lowest BCUT2D eigenvalue weighted by molar-refractivity contribution is 0.120. The molecule has 1 fully saturated rings. The second-order valence-corrected chi connectivity index (χ2v) is 5.91. The number of hydrogen-bond acceptors (Lipinski definition) is 4. The zero-order valence-electron chi connectivity index (χ0n) is 13.2. The summed E-state index contributed by atoms with van der Waals surface area (Å²) in [6.07, 6.45) is 2.35. The molecule has 1 saturated heterocycles. The number of nitrogens with zero attached hydrogens (tertiary/aromatic N) is 2. The van der Waals surface area contributed by atoms with Gasteiger partial charge in [0, 0.05) is 18.5 Å². The molecule has 0 amide bonds.